The molecule has 0 nitrogen and oxygen atoms in total. The molecule has 0 radical (unpaired) electrons. The van der Waals surface area contributed by atoms with E-state index < -0.39 is 0 Å². The van der Waals surface area contributed by atoms with Crippen molar-refractivity contribution in [2.75, 3.05) is 0 Å². The second-order valence-electron chi connectivity index (χ2n) is 7.03. The second kappa shape index (κ2) is 7.98. The summed E-state index contributed by atoms with van der Waals surface area (Å²) in [5.41, 5.74) is 6.48. The van der Waals surface area contributed by atoms with Crippen molar-refractivity contribution in [1.29, 1.82) is 0 Å². The minimum atomic E-state index is 0.325. The Hall–Kier alpha value is -1.82. The van der Waals surface area contributed by atoms with Crippen molar-refractivity contribution in [3.05, 3.63) is 77.4 Å². The summed E-state index contributed by atoms with van der Waals surface area (Å²) >= 11 is 0. The molecule has 118 valence electrons. The molecule has 0 fully saturated rings. The largest absolute Gasteiger partial charge is 0.0915 e. The van der Waals surface area contributed by atoms with Crippen LogP contribution in [0.4, 0.5) is 0 Å². The molecule has 1 rings (SSSR count). The molecule has 0 aliphatic heterocycles. The van der Waals surface area contributed by atoms with E-state index in [1.54, 1.807) is 0 Å². The van der Waals surface area contributed by atoms with Gasteiger partial charge >= 0.3 is 0 Å². The van der Waals surface area contributed by atoms with Gasteiger partial charge in [-0.05, 0) is 60.5 Å². The summed E-state index contributed by atoms with van der Waals surface area (Å²) < 4.78 is 0. The fraction of sp³-hybridized carbons (Fsp3) is 0.364. The van der Waals surface area contributed by atoms with E-state index >= 15 is 0 Å². The lowest BCUT2D eigenvalue weighted by atomic mass is 9.87. The Labute approximate surface area is 137 Å². The Morgan fingerprint density at radius 2 is 1.68 bits per heavy atom. The van der Waals surface area contributed by atoms with Gasteiger partial charge in [-0.1, -0.05) is 75.9 Å². The maximum Gasteiger partial charge on any atom is -0.0187 e. The van der Waals surface area contributed by atoms with Crippen LogP contribution in [-0.2, 0) is 6.42 Å². The number of allylic oxidation sites excluding steroid dienone is 7. The zero-order valence-electron chi connectivity index (χ0n) is 15.0. The van der Waals surface area contributed by atoms with Crippen molar-refractivity contribution < 1.29 is 0 Å². The van der Waals surface area contributed by atoms with Gasteiger partial charge in [-0.25, -0.2) is 0 Å². The highest BCUT2D eigenvalue weighted by Gasteiger charge is 2.11. The van der Waals surface area contributed by atoms with Crippen molar-refractivity contribution in [2.45, 2.75) is 48.0 Å². The first kappa shape index (κ1) is 18.2. The van der Waals surface area contributed by atoms with E-state index in [1.807, 2.05) is 19.1 Å². The molecule has 0 atom stereocenters. The molecule has 0 saturated heterocycles. The first-order valence-electron chi connectivity index (χ1n) is 8.02. The zero-order chi connectivity index (χ0) is 16.8. The number of hydrogen-bond donors (Lipinski definition) is 0. The molecule has 1 aromatic rings. The molecule has 1 aromatic carbocycles. The zero-order valence-corrected chi connectivity index (χ0v) is 15.0. The van der Waals surface area contributed by atoms with Gasteiger partial charge in [0.1, 0.15) is 0 Å². The van der Waals surface area contributed by atoms with Crippen LogP contribution < -0.4 is 0 Å². The summed E-state index contributed by atoms with van der Waals surface area (Å²) in [6.07, 6.45) is 9.54. The Balaban J connectivity index is 2.98. The van der Waals surface area contributed by atoms with Gasteiger partial charge < -0.3 is 0 Å². The number of benzene rings is 1. The van der Waals surface area contributed by atoms with E-state index in [1.165, 1.54) is 22.3 Å². The highest BCUT2D eigenvalue weighted by Crippen LogP contribution is 2.24. The van der Waals surface area contributed by atoms with Crippen LogP contribution in [-0.4, -0.2) is 0 Å². The summed E-state index contributed by atoms with van der Waals surface area (Å²) in [5.74, 6) is 0. The molecule has 0 aliphatic rings. The lowest BCUT2D eigenvalue weighted by Gasteiger charge is -2.18. The van der Waals surface area contributed by atoms with Crippen LogP contribution in [0, 0.1) is 5.41 Å². The van der Waals surface area contributed by atoms with E-state index in [2.05, 4.69) is 77.6 Å². The Bertz CT molecular complexity index is 584. The molecule has 0 bridgehead atoms. The maximum absolute atomic E-state index is 4.10. The highest BCUT2D eigenvalue weighted by atomic mass is 14.2. The fourth-order valence-corrected chi connectivity index (χ4v) is 2.42. The van der Waals surface area contributed by atoms with Crippen LogP contribution in [0.3, 0.4) is 0 Å². The smallest absolute Gasteiger partial charge is 0.0187 e. The van der Waals surface area contributed by atoms with Gasteiger partial charge in [-0.2, -0.15) is 0 Å². The Morgan fingerprint density at radius 1 is 1.09 bits per heavy atom. The SMILES string of the molecule is C=C(C=CC)C(C)=CC(=CC)c1ccc(CC(C)(C)C)cc1. The summed E-state index contributed by atoms with van der Waals surface area (Å²) in [5, 5.41) is 0. The molecule has 0 saturated carbocycles. The van der Waals surface area contributed by atoms with Gasteiger partial charge in [-0.3, -0.25) is 0 Å². The molecule has 0 spiro atoms. The van der Waals surface area contributed by atoms with E-state index in [0.29, 0.717) is 5.41 Å². The Morgan fingerprint density at radius 3 is 2.14 bits per heavy atom. The van der Waals surface area contributed by atoms with Crippen molar-refractivity contribution >= 4 is 5.57 Å². The van der Waals surface area contributed by atoms with E-state index in [-0.39, 0.29) is 0 Å². The predicted molar refractivity (Wildman–Crippen MR) is 101 cm³/mol. The topological polar surface area (TPSA) is 0 Å². The molecular weight excluding hydrogens is 264 g/mol. The van der Waals surface area contributed by atoms with Crippen molar-refractivity contribution in [3.63, 3.8) is 0 Å². The average molecular weight is 294 g/mol. The molecule has 0 heteroatoms. The summed E-state index contributed by atoms with van der Waals surface area (Å²) in [4.78, 5) is 0. The van der Waals surface area contributed by atoms with Gasteiger partial charge in [0.15, 0.2) is 0 Å². The molecule has 0 amide bonds. The lowest BCUT2D eigenvalue weighted by molar-refractivity contribution is 0.411. The third-order valence-corrected chi connectivity index (χ3v) is 3.58. The molecule has 0 aliphatic carbocycles. The van der Waals surface area contributed by atoms with Gasteiger partial charge in [0, 0.05) is 0 Å². The summed E-state index contributed by atoms with van der Waals surface area (Å²) in [6.45, 7) is 17.1. The van der Waals surface area contributed by atoms with E-state index in [9.17, 15) is 0 Å². The standard InChI is InChI=1S/C22H30/c1-8-10-17(3)18(4)15-20(9-2)21-13-11-19(12-14-21)16-22(5,6)7/h8-15H,3,16H2,1-2,4-7H3. The third-order valence-electron chi connectivity index (χ3n) is 3.58. The third kappa shape index (κ3) is 5.89. The van der Waals surface area contributed by atoms with Crippen molar-refractivity contribution in [3.8, 4) is 0 Å². The van der Waals surface area contributed by atoms with E-state index in [0.717, 1.165) is 12.0 Å². The summed E-state index contributed by atoms with van der Waals surface area (Å²) in [6, 6.07) is 8.93. The van der Waals surface area contributed by atoms with Crippen molar-refractivity contribution in [2.24, 2.45) is 5.41 Å². The van der Waals surface area contributed by atoms with Crippen LogP contribution >= 0.6 is 0 Å². The highest BCUT2D eigenvalue weighted by molar-refractivity contribution is 5.75. The fourth-order valence-electron chi connectivity index (χ4n) is 2.42. The monoisotopic (exact) mass is 294 g/mol. The first-order chi connectivity index (χ1) is 10.3. The molecule has 22 heavy (non-hydrogen) atoms. The average Bonchev–Trinajstić information content (AvgIpc) is 2.44. The van der Waals surface area contributed by atoms with Crippen LogP contribution in [0.2, 0.25) is 0 Å². The minimum absolute atomic E-state index is 0.325. The first-order valence-corrected chi connectivity index (χ1v) is 8.02. The molecule has 0 unspecified atom stereocenters. The van der Waals surface area contributed by atoms with Gasteiger partial charge in [0.05, 0.1) is 0 Å². The molecular formula is C22H30. The van der Waals surface area contributed by atoms with Crippen LogP contribution in [0.1, 0.15) is 52.7 Å². The number of rotatable bonds is 5. The van der Waals surface area contributed by atoms with Gasteiger partial charge in [-0.15, -0.1) is 0 Å². The predicted octanol–water partition coefficient (Wildman–Crippen LogP) is 6.76. The van der Waals surface area contributed by atoms with Crippen LogP contribution in [0.25, 0.3) is 5.57 Å². The molecule has 0 heterocycles. The molecule has 0 aromatic heterocycles. The second-order valence-corrected chi connectivity index (χ2v) is 7.03. The summed E-state index contributed by atoms with van der Waals surface area (Å²) in [7, 11) is 0. The minimum Gasteiger partial charge on any atom is -0.0915 e. The van der Waals surface area contributed by atoms with Crippen LogP contribution in [0.15, 0.2) is 66.3 Å². The van der Waals surface area contributed by atoms with Gasteiger partial charge in [0.2, 0.25) is 0 Å². The normalized spacial score (nSPS) is 13.7. The number of hydrogen-bond acceptors (Lipinski definition) is 0. The maximum atomic E-state index is 4.10. The van der Waals surface area contributed by atoms with E-state index in [4.69, 9.17) is 0 Å². The quantitative estimate of drug-likeness (QED) is 0.526. The Kier molecular flexibility index (Phi) is 6.61. The molecule has 0 N–H and O–H groups in total. The van der Waals surface area contributed by atoms with Crippen LogP contribution in [0.5, 0.6) is 0 Å². The van der Waals surface area contributed by atoms with Crippen molar-refractivity contribution in [1.82, 2.24) is 0 Å². The van der Waals surface area contributed by atoms with Gasteiger partial charge in [0.25, 0.3) is 0 Å². The lowest BCUT2D eigenvalue weighted by Crippen LogP contribution is -2.08.